The van der Waals surface area contributed by atoms with Crippen LogP contribution in [0.2, 0.25) is 0 Å². The fourth-order valence-corrected chi connectivity index (χ4v) is 4.07. The fraction of sp³-hybridized carbons (Fsp3) is 0.348. The number of nitrogens with zero attached hydrogens (tertiary/aromatic N) is 4. The highest BCUT2D eigenvalue weighted by atomic mass is 16.5. The highest BCUT2D eigenvalue weighted by Gasteiger charge is 2.29. The van der Waals surface area contributed by atoms with Gasteiger partial charge in [0.1, 0.15) is 11.6 Å². The van der Waals surface area contributed by atoms with Crippen LogP contribution in [0.25, 0.3) is 0 Å². The summed E-state index contributed by atoms with van der Waals surface area (Å²) in [6, 6.07) is 17.2. The number of likely N-dealkylation sites (tertiary alicyclic amines) is 1. The third-order valence-electron chi connectivity index (χ3n) is 5.70. The van der Waals surface area contributed by atoms with Gasteiger partial charge in [-0.25, -0.2) is 9.48 Å². The molecule has 0 N–H and O–H groups in total. The second-order valence-corrected chi connectivity index (χ2v) is 7.60. The maximum atomic E-state index is 13.0. The molecule has 1 fully saturated rings. The second-order valence-electron chi connectivity index (χ2n) is 7.60. The van der Waals surface area contributed by atoms with E-state index < -0.39 is 0 Å². The number of benzene rings is 2. The lowest BCUT2D eigenvalue weighted by molar-refractivity contribution is 0.0707. The minimum absolute atomic E-state index is 0.0198. The molecule has 156 valence electrons. The number of rotatable bonds is 5. The zero-order valence-corrected chi connectivity index (χ0v) is 17.3. The number of aryl methyl sites for hydroxylation is 1. The van der Waals surface area contributed by atoms with Crippen LogP contribution in [0.3, 0.4) is 0 Å². The van der Waals surface area contributed by atoms with Gasteiger partial charge in [0, 0.05) is 26.1 Å². The molecule has 0 atom stereocenters. The van der Waals surface area contributed by atoms with Crippen molar-refractivity contribution in [2.24, 2.45) is 7.05 Å². The molecule has 4 rings (SSSR count). The molecule has 0 aliphatic carbocycles. The smallest absolute Gasteiger partial charge is 0.345 e. The van der Waals surface area contributed by atoms with E-state index in [-0.39, 0.29) is 17.5 Å². The predicted octanol–water partition coefficient (Wildman–Crippen LogP) is 2.66. The lowest BCUT2D eigenvalue weighted by Gasteiger charge is -2.32. The highest BCUT2D eigenvalue weighted by molar-refractivity contribution is 5.97. The van der Waals surface area contributed by atoms with Crippen LogP contribution in [0.1, 0.15) is 40.5 Å². The number of aromatic nitrogens is 3. The van der Waals surface area contributed by atoms with E-state index in [1.807, 2.05) is 47.4 Å². The zero-order valence-electron chi connectivity index (χ0n) is 17.3. The van der Waals surface area contributed by atoms with Crippen molar-refractivity contribution in [2.75, 3.05) is 20.2 Å². The Kier molecular flexibility index (Phi) is 5.70. The summed E-state index contributed by atoms with van der Waals surface area (Å²) in [7, 11) is 3.26. The van der Waals surface area contributed by atoms with Crippen LogP contribution in [0, 0.1) is 0 Å². The predicted molar refractivity (Wildman–Crippen MR) is 114 cm³/mol. The molecule has 1 aromatic heterocycles. The van der Waals surface area contributed by atoms with E-state index in [4.69, 9.17) is 4.74 Å². The lowest BCUT2D eigenvalue weighted by Crippen LogP contribution is -2.38. The van der Waals surface area contributed by atoms with E-state index in [0.29, 0.717) is 30.9 Å². The van der Waals surface area contributed by atoms with Crippen molar-refractivity contribution in [1.29, 1.82) is 0 Å². The summed E-state index contributed by atoms with van der Waals surface area (Å²) in [6.45, 7) is 1.75. The van der Waals surface area contributed by atoms with Crippen molar-refractivity contribution in [3.63, 3.8) is 0 Å². The van der Waals surface area contributed by atoms with E-state index in [1.54, 1.807) is 30.9 Å². The molecule has 1 aliphatic rings. The van der Waals surface area contributed by atoms with Gasteiger partial charge in [-0.2, -0.15) is 5.10 Å². The van der Waals surface area contributed by atoms with Crippen LogP contribution >= 0.6 is 0 Å². The topological polar surface area (TPSA) is 69.4 Å². The van der Waals surface area contributed by atoms with Gasteiger partial charge in [-0.15, -0.1) is 0 Å². The maximum Gasteiger partial charge on any atom is 0.345 e. The molecule has 1 saturated heterocycles. The molecule has 7 heteroatoms. The zero-order chi connectivity index (χ0) is 21.1. The molecule has 3 aromatic rings. The van der Waals surface area contributed by atoms with Gasteiger partial charge in [0.05, 0.1) is 19.2 Å². The van der Waals surface area contributed by atoms with Gasteiger partial charge in [0.2, 0.25) is 0 Å². The van der Waals surface area contributed by atoms with Crippen LogP contribution in [0.4, 0.5) is 0 Å². The summed E-state index contributed by atoms with van der Waals surface area (Å²) < 4.78 is 8.51. The van der Waals surface area contributed by atoms with Crippen LogP contribution < -0.4 is 10.4 Å². The Morgan fingerprint density at radius 3 is 2.43 bits per heavy atom. The number of methoxy groups -OCH3 is 1. The number of piperidine rings is 1. The monoisotopic (exact) mass is 406 g/mol. The summed E-state index contributed by atoms with van der Waals surface area (Å²) in [6.07, 6.45) is 1.54. The van der Waals surface area contributed by atoms with Gasteiger partial charge in [-0.1, -0.05) is 42.5 Å². The van der Waals surface area contributed by atoms with Crippen molar-refractivity contribution in [3.8, 4) is 5.75 Å². The average molecular weight is 406 g/mol. The Balaban J connectivity index is 1.50. The van der Waals surface area contributed by atoms with Crippen molar-refractivity contribution < 1.29 is 9.53 Å². The number of carbonyl (C=O) groups excluding carboxylic acids is 1. The van der Waals surface area contributed by atoms with Gasteiger partial charge < -0.3 is 9.64 Å². The molecular formula is C23H26N4O3. The average Bonchev–Trinajstić information content (AvgIpc) is 3.08. The molecule has 1 amide bonds. The van der Waals surface area contributed by atoms with Crippen molar-refractivity contribution >= 4 is 5.91 Å². The quantitative estimate of drug-likeness (QED) is 0.653. The molecule has 0 radical (unpaired) electrons. The number of ether oxygens (including phenoxy) is 1. The SMILES string of the molecule is COc1ccccc1C(=O)N1CCC(c2nn(C)c(=O)n2Cc2ccccc2)CC1. The van der Waals surface area contributed by atoms with Gasteiger partial charge in [0.15, 0.2) is 0 Å². The molecule has 0 spiro atoms. The fourth-order valence-electron chi connectivity index (χ4n) is 4.07. The number of hydrogen-bond acceptors (Lipinski definition) is 4. The highest BCUT2D eigenvalue weighted by Crippen LogP contribution is 2.28. The van der Waals surface area contributed by atoms with Gasteiger partial charge in [-0.05, 0) is 30.5 Å². The molecular weight excluding hydrogens is 380 g/mol. The molecule has 2 aromatic carbocycles. The molecule has 0 unspecified atom stereocenters. The van der Waals surface area contributed by atoms with E-state index in [0.717, 1.165) is 24.2 Å². The minimum Gasteiger partial charge on any atom is -0.496 e. The Hall–Kier alpha value is -3.35. The first-order valence-corrected chi connectivity index (χ1v) is 10.2. The normalized spacial score (nSPS) is 14.7. The first kappa shape index (κ1) is 19.9. The van der Waals surface area contributed by atoms with Crippen LogP contribution in [-0.4, -0.2) is 45.4 Å². The van der Waals surface area contributed by atoms with Gasteiger partial charge in [0.25, 0.3) is 5.91 Å². The van der Waals surface area contributed by atoms with Gasteiger partial charge in [-0.3, -0.25) is 9.36 Å². The van der Waals surface area contributed by atoms with Crippen molar-refractivity contribution in [3.05, 3.63) is 82.0 Å². The first-order chi connectivity index (χ1) is 14.6. The van der Waals surface area contributed by atoms with E-state index >= 15 is 0 Å². The molecule has 1 aliphatic heterocycles. The Morgan fingerprint density at radius 2 is 1.73 bits per heavy atom. The Morgan fingerprint density at radius 1 is 1.07 bits per heavy atom. The lowest BCUT2D eigenvalue weighted by atomic mass is 9.95. The van der Waals surface area contributed by atoms with Crippen molar-refractivity contribution in [2.45, 2.75) is 25.3 Å². The standard InChI is InChI=1S/C23H26N4O3/c1-25-23(29)27(16-17-8-4-3-5-9-17)21(24-25)18-12-14-26(15-13-18)22(28)19-10-6-7-11-20(19)30-2/h3-11,18H,12-16H2,1-2H3. The Bertz CT molecular complexity index is 1080. The summed E-state index contributed by atoms with van der Waals surface area (Å²) in [5, 5.41) is 4.53. The third-order valence-corrected chi connectivity index (χ3v) is 5.70. The molecule has 0 bridgehead atoms. The number of hydrogen-bond donors (Lipinski definition) is 0. The summed E-state index contributed by atoms with van der Waals surface area (Å²) in [4.78, 5) is 27.5. The van der Waals surface area contributed by atoms with Crippen molar-refractivity contribution in [1.82, 2.24) is 19.2 Å². The number of para-hydroxylation sites is 1. The number of amides is 1. The van der Waals surface area contributed by atoms with E-state index in [1.165, 1.54) is 4.68 Å². The van der Waals surface area contributed by atoms with Crippen LogP contribution in [0.15, 0.2) is 59.4 Å². The number of carbonyl (C=O) groups is 1. The van der Waals surface area contributed by atoms with Crippen LogP contribution in [0.5, 0.6) is 5.75 Å². The molecule has 0 saturated carbocycles. The molecule has 2 heterocycles. The summed E-state index contributed by atoms with van der Waals surface area (Å²) >= 11 is 0. The first-order valence-electron chi connectivity index (χ1n) is 10.2. The van der Waals surface area contributed by atoms with E-state index in [9.17, 15) is 9.59 Å². The summed E-state index contributed by atoms with van der Waals surface area (Å²) in [5.74, 6) is 1.51. The van der Waals surface area contributed by atoms with Crippen LogP contribution in [-0.2, 0) is 13.6 Å². The second kappa shape index (κ2) is 8.57. The maximum absolute atomic E-state index is 13.0. The third kappa shape index (κ3) is 3.87. The summed E-state index contributed by atoms with van der Waals surface area (Å²) in [5.41, 5.74) is 1.54. The van der Waals surface area contributed by atoms with Gasteiger partial charge >= 0.3 is 5.69 Å². The Labute approximate surface area is 175 Å². The minimum atomic E-state index is -0.110. The molecule has 7 nitrogen and oxygen atoms in total. The molecule has 30 heavy (non-hydrogen) atoms. The van der Waals surface area contributed by atoms with E-state index in [2.05, 4.69) is 5.10 Å². The largest absolute Gasteiger partial charge is 0.496 e.